The molecule has 0 spiro atoms. The van der Waals surface area contributed by atoms with Gasteiger partial charge in [-0.25, -0.2) is 0 Å². The summed E-state index contributed by atoms with van der Waals surface area (Å²) < 4.78 is 5.66. The minimum atomic E-state index is 0.423. The number of hydrogen-bond donors (Lipinski definition) is 1. The van der Waals surface area contributed by atoms with Gasteiger partial charge in [0.2, 0.25) is 0 Å². The van der Waals surface area contributed by atoms with Crippen molar-refractivity contribution in [3.8, 4) is 5.75 Å². The molecule has 2 aromatic rings. The highest BCUT2D eigenvalue weighted by molar-refractivity contribution is 5.62. The summed E-state index contributed by atoms with van der Waals surface area (Å²) in [5, 5.41) is 6.14. The van der Waals surface area contributed by atoms with Crippen molar-refractivity contribution in [2.75, 3.05) is 11.9 Å². The molecule has 0 aromatic heterocycles. The van der Waals surface area contributed by atoms with E-state index in [0.717, 1.165) is 36.6 Å². The Bertz CT molecular complexity index is 553. The molecule has 4 nitrogen and oxygen atoms in total. The van der Waals surface area contributed by atoms with Crippen LogP contribution >= 0.6 is 0 Å². The number of nitrogens with zero attached hydrogens (tertiary/aromatic N) is 1. The van der Waals surface area contributed by atoms with Gasteiger partial charge in [0.25, 0.3) is 0 Å². The zero-order valence-electron chi connectivity index (χ0n) is 11.5. The van der Waals surface area contributed by atoms with Crippen LogP contribution in [0.4, 0.5) is 17.1 Å². The molecule has 0 atom stereocenters. The van der Waals surface area contributed by atoms with Crippen molar-refractivity contribution in [2.24, 2.45) is 5.18 Å². The Kier molecular flexibility index (Phi) is 5.12. The van der Waals surface area contributed by atoms with E-state index in [2.05, 4.69) is 17.4 Å². The van der Waals surface area contributed by atoms with E-state index < -0.39 is 0 Å². The van der Waals surface area contributed by atoms with Crippen LogP contribution in [0.2, 0.25) is 0 Å². The lowest BCUT2D eigenvalue weighted by atomic mass is 10.2. The predicted molar refractivity (Wildman–Crippen MR) is 82.0 cm³/mol. The number of benzene rings is 2. The first kappa shape index (κ1) is 14.1. The molecule has 0 aliphatic carbocycles. The van der Waals surface area contributed by atoms with Crippen LogP contribution < -0.4 is 10.1 Å². The zero-order valence-corrected chi connectivity index (χ0v) is 11.5. The lowest BCUT2D eigenvalue weighted by Crippen LogP contribution is -1.97. The van der Waals surface area contributed by atoms with Crippen molar-refractivity contribution >= 4 is 17.1 Å². The summed E-state index contributed by atoms with van der Waals surface area (Å²) in [5.41, 5.74) is 2.28. The van der Waals surface area contributed by atoms with E-state index >= 15 is 0 Å². The fourth-order valence-corrected chi connectivity index (χ4v) is 1.77. The summed E-state index contributed by atoms with van der Waals surface area (Å²) >= 11 is 0. The fraction of sp³-hybridized carbons (Fsp3) is 0.250. The van der Waals surface area contributed by atoms with Crippen LogP contribution in [0, 0.1) is 4.91 Å². The average molecular weight is 270 g/mol. The van der Waals surface area contributed by atoms with Gasteiger partial charge in [0, 0.05) is 17.4 Å². The number of nitrogens with one attached hydrogen (secondary N) is 1. The summed E-state index contributed by atoms with van der Waals surface area (Å²) in [4.78, 5) is 10.4. The highest BCUT2D eigenvalue weighted by Crippen LogP contribution is 2.23. The topological polar surface area (TPSA) is 50.7 Å². The van der Waals surface area contributed by atoms with E-state index in [4.69, 9.17) is 4.74 Å². The van der Waals surface area contributed by atoms with E-state index in [-0.39, 0.29) is 0 Å². The van der Waals surface area contributed by atoms with Gasteiger partial charge in [-0.1, -0.05) is 19.4 Å². The molecule has 0 aliphatic heterocycles. The summed E-state index contributed by atoms with van der Waals surface area (Å²) in [7, 11) is 0. The Hall–Kier alpha value is -2.36. The van der Waals surface area contributed by atoms with Crippen LogP contribution in [0.3, 0.4) is 0 Å². The standard InChI is InChI=1S/C16H18N2O2/c1-2-3-11-20-16-6-4-5-15(12-16)17-13-7-9-14(18-19)10-8-13/h4-10,12,17H,2-3,11H2,1H3. The van der Waals surface area contributed by atoms with Crippen LogP contribution in [0.1, 0.15) is 19.8 Å². The van der Waals surface area contributed by atoms with E-state index in [0.29, 0.717) is 5.69 Å². The summed E-state index contributed by atoms with van der Waals surface area (Å²) in [5.74, 6) is 0.856. The molecule has 0 radical (unpaired) electrons. The van der Waals surface area contributed by atoms with E-state index in [1.165, 1.54) is 0 Å². The molecule has 2 rings (SSSR count). The fourth-order valence-electron chi connectivity index (χ4n) is 1.77. The minimum absolute atomic E-state index is 0.423. The van der Waals surface area contributed by atoms with Gasteiger partial charge in [0.15, 0.2) is 0 Å². The summed E-state index contributed by atoms with van der Waals surface area (Å²) in [6, 6.07) is 14.8. The van der Waals surface area contributed by atoms with Gasteiger partial charge in [0.05, 0.1) is 6.61 Å². The monoisotopic (exact) mass is 270 g/mol. The molecule has 104 valence electrons. The van der Waals surface area contributed by atoms with Crippen molar-refractivity contribution in [1.29, 1.82) is 0 Å². The minimum Gasteiger partial charge on any atom is -0.494 e. The number of ether oxygens (including phenoxy) is 1. The largest absolute Gasteiger partial charge is 0.494 e. The highest BCUT2D eigenvalue weighted by atomic mass is 16.5. The maximum atomic E-state index is 10.4. The van der Waals surface area contributed by atoms with Crippen LogP contribution in [0.15, 0.2) is 53.7 Å². The maximum absolute atomic E-state index is 10.4. The average Bonchev–Trinajstić information content (AvgIpc) is 2.49. The molecule has 0 saturated carbocycles. The van der Waals surface area contributed by atoms with Gasteiger partial charge in [-0.15, -0.1) is 4.91 Å². The smallest absolute Gasteiger partial charge is 0.121 e. The van der Waals surface area contributed by atoms with Crippen molar-refractivity contribution in [2.45, 2.75) is 19.8 Å². The first-order valence-electron chi connectivity index (χ1n) is 6.75. The van der Waals surface area contributed by atoms with Crippen LogP contribution in [0.25, 0.3) is 0 Å². The van der Waals surface area contributed by atoms with Crippen LogP contribution in [0.5, 0.6) is 5.75 Å². The summed E-state index contributed by atoms with van der Waals surface area (Å²) in [6.45, 7) is 2.87. The van der Waals surface area contributed by atoms with Gasteiger partial charge in [-0.2, -0.15) is 0 Å². The van der Waals surface area contributed by atoms with Gasteiger partial charge < -0.3 is 10.1 Å². The quantitative estimate of drug-likeness (QED) is 0.568. The Balaban J connectivity index is 2.00. The molecular weight excluding hydrogens is 252 g/mol. The molecule has 0 amide bonds. The Labute approximate surface area is 118 Å². The number of unbranched alkanes of at least 4 members (excludes halogenated alkanes) is 1. The number of rotatable bonds is 7. The van der Waals surface area contributed by atoms with E-state index in [1.807, 2.05) is 36.4 Å². The van der Waals surface area contributed by atoms with Crippen LogP contribution in [-0.4, -0.2) is 6.61 Å². The van der Waals surface area contributed by atoms with Gasteiger partial charge in [0.1, 0.15) is 11.4 Å². The molecule has 0 fully saturated rings. The van der Waals surface area contributed by atoms with Gasteiger partial charge in [-0.3, -0.25) is 0 Å². The third-order valence-corrected chi connectivity index (χ3v) is 2.86. The Morgan fingerprint density at radius 1 is 1.10 bits per heavy atom. The van der Waals surface area contributed by atoms with Gasteiger partial charge in [-0.05, 0) is 48.0 Å². The predicted octanol–water partition coefficient (Wildman–Crippen LogP) is 5.01. The molecule has 4 heteroatoms. The SMILES string of the molecule is CCCCOc1cccc(Nc2ccc(N=O)cc2)c1. The van der Waals surface area contributed by atoms with E-state index in [1.54, 1.807) is 12.1 Å². The van der Waals surface area contributed by atoms with Gasteiger partial charge >= 0.3 is 0 Å². The Morgan fingerprint density at radius 3 is 2.60 bits per heavy atom. The molecular formula is C16H18N2O2. The lowest BCUT2D eigenvalue weighted by Gasteiger charge is -2.09. The normalized spacial score (nSPS) is 10.1. The zero-order chi connectivity index (χ0) is 14.2. The van der Waals surface area contributed by atoms with Crippen molar-refractivity contribution in [3.63, 3.8) is 0 Å². The molecule has 0 saturated heterocycles. The number of anilines is 2. The molecule has 2 aromatic carbocycles. The number of nitroso groups, excluding NO2 is 1. The second-order valence-corrected chi connectivity index (χ2v) is 4.49. The maximum Gasteiger partial charge on any atom is 0.121 e. The molecule has 0 bridgehead atoms. The van der Waals surface area contributed by atoms with Crippen molar-refractivity contribution in [3.05, 3.63) is 53.4 Å². The molecule has 0 unspecified atom stereocenters. The molecule has 0 aliphatic rings. The lowest BCUT2D eigenvalue weighted by molar-refractivity contribution is 0.309. The third kappa shape index (κ3) is 4.09. The Morgan fingerprint density at radius 2 is 1.90 bits per heavy atom. The van der Waals surface area contributed by atoms with Crippen molar-refractivity contribution in [1.82, 2.24) is 0 Å². The molecule has 1 N–H and O–H groups in total. The van der Waals surface area contributed by atoms with Crippen LogP contribution in [-0.2, 0) is 0 Å². The third-order valence-electron chi connectivity index (χ3n) is 2.86. The number of hydrogen-bond acceptors (Lipinski definition) is 4. The first-order valence-corrected chi connectivity index (χ1v) is 6.75. The highest BCUT2D eigenvalue weighted by Gasteiger charge is 1.99. The molecule has 20 heavy (non-hydrogen) atoms. The van der Waals surface area contributed by atoms with Crippen molar-refractivity contribution < 1.29 is 4.74 Å². The van der Waals surface area contributed by atoms with E-state index in [9.17, 15) is 4.91 Å². The summed E-state index contributed by atoms with van der Waals surface area (Å²) in [6.07, 6.45) is 2.17. The second-order valence-electron chi connectivity index (χ2n) is 4.49. The first-order chi connectivity index (χ1) is 9.81. The molecule has 0 heterocycles. The second kappa shape index (κ2) is 7.28.